The van der Waals surface area contributed by atoms with E-state index >= 15 is 0 Å². The van der Waals surface area contributed by atoms with Gasteiger partial charge in [0.15, 0.2) is 0 Å². The van der Waals surface area contributed by atoms with Gasteiger partial charge in [0.05, 0.1) is 6.54 Å². The van der Waals surface area contributed by atoms with Gasteiger partial charge in [-0.3, -0.25) is 9.69 Å². The molecule has 2 atom stereocenters. The molecular formula is C13H23N3O. The molecule has 0 aromatic rings. The maximum Gasteiger partial charge on any atom is 0.234 e. The fraction of sp³-hybridized carbons (Fsp3) is 0.923. The van der Waals surface area contributed by atoms with Crippen LogP contribution < -0.4 is 10.6 Å². The quantitative estimate of drug-likeness (QED) is 0.731. The predicted octanol–water partition coefficient (Wildman–Crippen LogP) is 0.480. The minimum Gasteiger partial charge on any atom is -0.352 e. The Balaban J connectivity index is 1.38. The molecule has 2 saturated carbocycles. The summed E-state index contributed by atoms with van der Waals surface area (Å²) in [5.74, 6) is 0.171. The average Bonchev–Trinajstić information content (AvgIpc) is 3.17. The molecule has 1 aliphatic heterocycles. The lowest BCUT2D eigenvalue weighted by Gasteiger charge is -2.19. The first-order valence-electron chi connectivity index (χ1n) is 7.01. The molecule has 4 nitrogen and oxygen atoms in total. The van der Waals surface area contributed by atoms with Crippen LogP contribution in [0, 0.1) is 0 Å². The normalized spacial score (nSPS) is 33.9. The summed E-state index contributed by atoms with van der Waals surface area (Å²) in [7, 11) is 0. The maximum absolute atomic E-state index is 11.6. The molecule has 0 spiro atoms. The molecule has 96 valence electrons. The second-order valence-corrected chi connectivity index (χ2v) is 5.93. The van der Waals surface area contributed by atoms with E-state index in [0.717, 1.165) is 12.6 Å². The van der Waals surface area contributed by atoms with Gasteiger partial charge < -0.3 is 10.6 Å². The van der Waals surface area contributed by atoms with Gasteiger partial charge in [-0.25, -0.2) is 0 Å². The Hall–Kier alpha value is -0.610. The number of amides is 1. The molecule has 1 amide bonds. The summed E-state index contributed by atoms with van der Waals surface area (Å²) in [5.41, 5.74) is 0. The topological polar surface area (TPSA) is 44.4 Å². The van der Waals surface area contributed by atoms with Crippen molar-refractivity contribution in [2.24, 2.45) is 0 Å². The van der Waals surface area contributed by atoms with E-state index in [0.29, 0.717) is 24.7 Å². The molecule has 0 radical (unpaired) electrons. The third kappa shape index (κ3) is 2.99. The summed E-state index contributed by atoms with van der Waals surface area (Å²) < 4.78 is 0. The van der Waals surface area contributed by atoms with Crippen molar-refractivity contribution < 1.29 is 4.79 Å². The third-order valence-corrected chi connectivity index (χ3v) is 4.13. The summed E-state index contributed by atoms with van der Waals surface area (Å²) in [5, 5.41) is 6.42. The van der Waals surface area contributed by atoms with Gasteiger partial charge in [-0.05, 0) is 39.0 Å². The summed E-state index contributed by atoms with van der Waals surface area (Å²) in [6, 6.07) is 2.52. The van der Waals surface area contributed by atoms with Crippen LogP contribution in [0.1, 0.15) is 39.0 Å². The van der Waals surface area contributed by atoms with Crippen LogP contribution in [0.4, 0.5) is 0 Å². The zero-order valence-electron chi connectivity index (χ0n) is 10.6. The highest BCUT2D eigenvalue weighted by Gasteiger charge is 2.38. The first-order valence-corrected chi connectivity index (χ1v) is 7.01. The van der Waals surface area contributed by atoms with E-state index in [9.17, 15) is 4.79 Å². The molecule has 17 heavy (non-hydrogen) atoms. The monoisotopic (exact) mass is 237 g/mol. The zero-order valence-corrected chi connectivity index (χ0v) is 10.6. The second kappa shape index (κ2) is 4.58. The van der Waals surface area contributed by atoms with Crippen molar-refractivity contribution in [2.45, 2.75) is 63.2 Å². The summed E-state index contributed by atoms with van der Waals surface area (Å²) in [6.45, 7) is 3.93. The lowest BCUT2D eigenvalue weighted by molar-refractivity contribution is -0.120. The molecule has 1 saturated heterocycles. The minimum absolute atomic E-state index is 0.171. The first-order chi connectivity index (χ1) is 8.22. The van der Waals surface area contributed by atoms with Crippen LogP contribution in [0.25, 0.3) is 0 Å². The van der Waals surface area contributed by atoms with E-state index in [2.05, 4.69) is 22.5 Å². The molecule has 0 aromatic carbocycles. The van der Waals surface area contributed by atoms with Crippen LogP contribution in [0.5, 0.6) is 0 Å². The van der Waals surface area contributed by atoms with Crippen LogP contribution in [-0.2, 0) is 4.79 Å². The second-order valence-electron chi connectivity index (χ2n) is 5.93. The number of rotatable bonds is 5. The highest BCUT2D eigenvalue weighted by Crippen LogP contribution is 2.33. The minimum atomic E-state index is 0.171. The average molecular weight is 237 g/mol. The number of carbonyl (C=O) groups is 1. The molecule has 2 aliphatic carbocycles. The fourth-order valence-corrected chi connectivity index (χ4v) is 2.86. The lowest BCUT2D eigenvalue weighted by Crippen LogP contribution is -2.41. The van der Waals surface area contributed by atoms with E-state index in [1.54, 1.807) is 0 Å². The van der Waals surface area contributed by atoms with Crippen molar-refractivity contribution >= 4 is 5.91 Å². The van der Waals surface area contributed by atoms with Gasteiger partial charge >= 0.3 is 0 Å². The summed E-state index contributed by atoms with van der Waals surface area (Å²) in [4.78, 5) is 14.2. The predicted molar refractivity (Wildman–Crippen MR) is 66.8 cm³/mol. The molecule has 3 fully saturated rings. The largest absolute Gasteiger partial charge is 0.352 e. The first kappa shape index (κ1) is 11.5. The van der Waals surface area contributed by atoms with Gasteiger partial charge in [-0.15, -0.1) is 0 Å². The van der Waals surface area contributed by atoms with E-state index < -0.39 is 0 Å². The Labute approximate surface area is 103 Å². The fourth-order valence-electron chi connectivity index (χ4n) is 2.86. The van der Waals surface area contributed by atoms with E-state index in [1.165, 1.54) is 32.1 Å². The summed E-state index contributed by atoms with van der Waals surface area (Å²) >= 11 is 0. The van der Waals surface area contributed by atoms with Crippen molar-refractivity contribution in [2.75, 3.05) is 13.1 Å². The molecule has 2 unspecified atom stereocenters. The van der Waals surface area contributed by atoms with Gasteiger partial charge in [0.2, 0.25) is 5.91 Å². The van der Waals surface area contributed by atoms with Crippen molar-refractivity contribution in [3.05, 3.63) is 0 Å². The number of nitrogens with zero attached hydrogens (tertiary/aromatic N) is 1. The van der Waals surface area contributed by atoms with E-state index in [4.69, 9.17) is 0 Å². The van der Waals surface area contributed by atoms with Gasteiger partial charge in [0.25, 0.3) is 0 Å². The Morgan fingerprint density at radius 1 is 1.24 bits per heavy atom. The Morgan fingerprint density at radius 2 is 2.00 bits per heavy atom. The number of nitrogens with one attached hydrogen (secondary N) is 2. The van der Waals surface area contributed by atoms with Crippen LogP contribution in [-0.4, -0.2) is 48.1 Å². The van der Waals surface area contributed by atoms with Crippen LogP contribution in [0.2, 0.25) is 0 Å². The van der Waals surface area contributed by atoms with Crippen LogP contribution >= 0.6 is 0 Å². The van der Waals surface area contributed by atoms with Crippen molar-refractivity contribution in [1.82, 2.24) is 15.5 Å². The number of carbonyl (C=O) groups excluding carboxylic acids is 1. The SMILES string of the molecule is CC1CC(NCC(=O)NC2CC2)CN1C1CC1. The molecule has 3 rings (SSSR count). The van der Waals surface area contributed by atoms with E-state index in [-0.39, 0.29) is 5.91 Å². The highest BCUT2D eigenvalue weighted by atomic mass is 16.2. The smallest absolute Gasteiger partial charge is 0.234 e. The molecular weight excluding hydrogens is 214 g/mol. The Kier molecular flexibility index (Phi) is 3.09. The molecule has 0 aromatic heterocycles. The number of likely N-dealkylation sites (tertiary alicyclic amines) is 1. The van der Waals surface area contributed by atoms with Crippen LogP contribution in [0.15, 0.2) is 0 Å². The standard InChI is InChI=1S/C13H23N3O/c1-9-6-11(8-16(9)12-4-5-12)14-7-13(17)15-10-2-3-10/h9-12,14H,2-8H2,1H3,(H,15,17). The Morgan fingerprint density at radius 3 is 2.65 bits per heavy atom. The van der Waals surface area contributed by atoms with Crippen LogP contribution in [0.3, 0.4) is 0 Å². The van der Waals surface area contributed by atoms with Crippen molar-refractivity contribution in [1.29, 1.82) is 0 Å². The number of hydrogen-bond donors (Lipinski definition) is 2. The molecule has 2 N–H and O–H groups in total. The molecule has 1 heterocycles. The number of hydrogen-bond acceptors (Lipinski definition) is 3. The maximum atomic E-state index is 11.6. The molecule has 4 heteroatoms. The van der Waals surface area contributed by atoms with Gasteiger partial charge in [-0.1, -0.05) is 0 Å². The Bertz CT molecular complexity index is 299. The summed E-state index contributed by atoms with van der Waals surface area (Å²) in [6.07, 6.45) is 6.27. The highest BCUT2D eigenvalue weighted by molar-refractivity contribution is 5.78. The van der Waals surface area contributed by atoms with Crippen molar-refractivity contribution in [3.63, 3.8) is 0 Å². The van der Waals surface area contributed by atoms with Gasteiger partial charge in [-0.2, -0.15) is 0 Å². The third-order valence-electron chi connectivity index (χ3n) is 4.13. The van der Waals surface area contributed by atoms with E-state index in [1.807, 2.05) is 0 Å². The lowest BCUT2D eigenvalue weighted by atomic mass is 10.2. The zero-order chi connectivity index (χ0) is 11.8. The molecule has 3 aliphatic rings. The van der Waals surface area contributed by atoms with Gasteiger partial charge in [0.1, 0.15) is 0 Å². The van der Waals surface area contributed by atoms with Crippen molar-refractivity contribution in [3.8, 4) is 0 Å². The molecule has 0 bridgehead atoms. The van der Waals surface area contributed by atoms with Gasteiger partial charge in [0, 0.05) is 30.7 Å².